The lowest BCUT2D eigenvalue weighted by molar-refractivity contribution is -0.389. The van der Waals surface area contributed by atoms with Gasteiger partial charge in [-0.25, -0.2) is 0 Å². The van der Waals surface area contributed by atoms with Crippen molar-refractivity contribution in [1.29, 1.82) is 0 Å². The van der Waals surface area contributed by atoms with E-state index in [1.54, 1.807) is 4.90 Å². The summed E-state index contributed by atoms with van der Waals surface area (Å²) in [6.45, 7) is 0.581. The van der Waals surface area contributed by atoms with E-state index in [1.165, 1.54) is 6.07 Å². The van der Waals surface area contributed by atoms with Crippen molar-refractivity contribution < 1.29 is 31.1 Å². The number of para-hydroxylation sites is 1. The van der Waals surface area contributed by atoms with Crippen LogP contribution in [0, 0.1) is 0 Å². The monoisotopic (exact) mass is 370 g/mol. The molecule has 2 N–H and O–H groups in total. The van der Waals surface area contributed by atoms with Gasteiger partial charge in [0.1, 0.15) is 0 Å². The van der Waals surface area contributed by atoms with Crippen molar-refractivity contribution in [3.63, 3.8) is 0 Å². The van der Waals surface area contributed by atoms with Gasteiger partial charge < -0.3 is 15.4 Å². The van der Waals surface area contributed by atoms with E-state index in [2.05, 4.69) is 4.74 Å². The Hall–Kier alpha value is -1.48. The van der Waals surface area contributed by atoms with Gasteiger partial charge in [0.15, 0.2) is 0 Å². The molecule has 25 heavy (non-hydrogen) atoms. The van der Waals surface area contributed by atoms with Crippen LogP contribution in [0.15, 0.2) is 24.3 Å². The van der Waals surface area contributed by atoms with Gasteiger partial charge in [-0.05, 0) is 32.0 Å². The summed E-state index contributed by atoms with van der Waals surface area (Å²) in [6.07, 6.45) is -8.66. The summed E-state index contributed by atoms with van der Waals surface area (Å²) in [6, 6.07) is 4.04. The lowest BCUT2D eigenvalue weighted by Crippen LogP contribution is -2.57. The first kappa shape index (κ1) is 19.8. The zero-order valence-corrected chi connectivity index (χ0v) is 13.5. The molecule has 1 aromatic rings. The van der Waals surface area contributed by atoms with Crippen LogP contribution in [0.25, 0.3) is 0 Å². The summed E-state index contributed by atoms with van der Waals surface area (Å²) in [4.78, 5) is 1.80. The van der Waals surface area contributed by atoms with Gasteiger partial charge in [-0.2, -0.15) is 26.3 Å². The van der Waals surface area contributed by atoms with E-state index < -0.39 is 35.8 Å². The van der Waals surface area contributed by atoms with E-state index in [0.29, 0.717) is 19.2 Å². The standard InChI is InChI=1S/C16H20F6N2O/c17-15(18,19)14(16(20,21)22,12-6-2-3-7-13(12)23)25-11-10-24-8-4-1-5-9-24/h2-3,6-7H,1,4-5,8-11,23H2. The molecule has 0 bridgehead atoms. The third kappa shape index (κ3) is 4.03. The minimum atomic E-state index is -5.71. The molecule has 0 saturated carbocycles. The van der Waals surface area contributed by atoms with Crippen LogP contribution in [-0.2, 0) is 10.3 Å². The Morgan fingerprint density at radius 1 is 0.920 bits per heavy atom. The fourth-order valence-corrected chi connectivity index (χ4v) is 3.04. The first-order valence-corrected chi connectivity index (χ1v) is 7.94. The quantitative estimate of drug-likeness (QED) is 0.627. The molecule has 1 aromatic carbocycles. The smallest absolute Gasteiger partial charge is 0.398 e. The maximum Gasteiger partial charge on any atom is 0.430 e. The van der Waals surface area contributed by atoms with Crippen molar-refractivity contribution in [2.75, 3.05) is 32.0 Å². The van der Waals surface area contributed by atoms with Crippen LogP contribution in [-0.4, -0.2) is 43.5 Å². The third-order valence-corrected chi connectivity index (χ3v) is 4.31. The summed E-state index contributed by atoms with van der Waals surface area (Å²) < 4.78 is 86.1. The average Bonchev–Trinajstić information content (AvgIpc) is 2.51. The van der Waals surface area contributed by atoms with Gasteiger partial charge in [-0.15, -0.1) is 0 Å². The molecule has 1 fully saturated rings. The molecule has 3 nitrogen and oxygen atoms in total. The third-order valence-electron chi connectivity index (χ3n) is 4.31. The summed E-state index contributed by atoms with van der Waals surface area (Å²) in [5, 5.41) is 0. The van der Waals surface area contributed by atoms with Crippen LogP contribution in [0.5, 0.6) is 0 Å². The molecule has 2 rings (SSSR count). The lowest BCUT2D eigenvalue weighted by Gasteiger charge is -2.38. The fourth-order valence-electron chi connectivity index (χ4n) is 3.04. The number of halogens is 6. The Morgan fingerprint density at radius 2 is 1.48 bits per heavy atom. The van der Waals surface area contributed by atoms with Crippen molar-refractivity contribution in [2.45, 2.75) is 37.2 Å². The number of alkyl halides is 6. The van der Waals surface area contributed by atoms with Crippen molar-refractivity contribution in [2.24, 2.45) is 0 Å². The normalized spacial score (nSPS) is 17.7. The number of rotatable bonds is 5. The highest BCUT2D eigenvalue weighted by Gasteiger charge is 2.74. The highest BCUT2D eigenvalue weighted by molar-refractivity contribution is 5.51. The number of nitrogens with two attached hydrogens (primary N) is 1. The number of hydrogen-bond acceptors (Lipinski definition) is 3. The molecule has 0 spiro atoms. The van der Waals surface area contributed by atoms with Crippen LogP contribution in [0.1, 0.15) is 24.8 Å². The largest absolute Gasteiger partial charge is 0.430 e. The Labute approximate surface area is 141 Å². The van der Waals surface area contributed by atoms with Crippen LogP contribution in [0.2, 0.25) is 0 Å². The Bertz CT molecular complexity index is 552. The topological polar surface area (TPSA) is 38.5 Å². The second kappa shape index (κ2) is 7.41. The maximum atomic E-state index is 13.6. The minimum Gasteiger partial charge on any atom is -0.398 e. The number of anilines is 1. The number of hydrogen-bond donors (Lipinski definition) is 1. The van der Waals surface area contributed by atoms with Gasteiger partial charge in [0, 0.05) is 17.8 Å². The van der Waals surface area contributed by atoms with E-state index in [4.69, 9.17) is 5.73 Å². The molecular formula is C16H20F6N2O. The predicted octanol–water partition coefficient (Wildman–Crippen LogP) is 4.09. The first-order valence-electron chi connectivity index (χ1n) is 7.94. The summed E-state index contributed by atoms with van der Waals surface area (Å²) in [5.41, 5.74) is -0.766. The van der Waals surface area contributed by atoms with Crippen molar-refractivity contribution in [3.8, 4) is 0 Å². The molecular weight excluding hydrogens is 350 g/mol. The van der Waals surface area contributed by atoms with Gasteiger partial charge in [-0.3, -0.25) is 0 Å². The molecule has 1 aliphatic heterocycles. The summed E-state index contributed by atoms with van der Waals surface area (Å²) in [7, 11) is 0. The number of piperidine rings is 1. The second-order valence-electron chi connectivity index (χ2n) is 6.01. The Kier molecular flexibility index (Phi) is 5.88. The highest BCUT2D eigenvalue weighted by Crippen LogP contribution is 2.54. The molecule has 1 saturated heterocycles. The number of nitrogen functional groups attached to an aromatic ring is 1. The van der Waals surface area contributed by atoms with Crippen molar-refractivity contribution in [3.05, 3.63) is 29.8 Å². The zero-order valence-electron chi connectivity index (χ0n) is 13.5. The molecule has 142 valence electrons. The van der Waals surface area contributed by atoms with E-state index in [-0.39, 0.29) is 6.54 Å². The Morgan fingerprint density at radius 3 is 2.00 bits per heavy atom. The highest BCUT2D eigenvalue weighted by atomic mass is 19.4. The van der Waals surface area contributed by atoms with E-state index in [9.17, 15) is 26.3 Å². The van der Waals surface area contributed by atoms with Crippen LogP contribution in [0.4, 0.5) is 32.0 Å². The number of benzene rings is 1. The zero-order chi connectivity index (χ0) is 18.7. The van der Waals surface area contributed by atoms with Gasteiger partial charge in [0.05, 0.1) is 6.61 Å². The number of nitrogens with zero attached hydrogens (tertiary/aromatic N) is 1. The van der Waals surface area contributed by atoms with Gasteiger partial charge in [0.25, 0.3) is 5.60 Å². The molecule has 0 aromatic heterocycles. The SMILES string of the molecule is Nc1ccccc1C(OCCN1CCCCC1)(C(F)(F)F)C(F)(F)F. The van der Waals surface area contributed by atoms with Crippen molar-refractivity contribution >= 4 is 5.69 Å². The average molecular weight is 370 g/mol. The molecule has 1 aliphatic rings. The van der Waals surface area contributed by atoms with Gasteiger partial charge in [0.2, 0.25) is 0 Å². The predicted molar refractivity (Wildman–Crippen MR) is 80.9 cm³/mol. The Balaban J connectivity index is 2.32. The lowest BCUT2D eigenvalue weighted by atomic mass is 9.90. The number of likely N-dealkylation sites (tertiary alicyclic amines) is 1. The van der Waals surface area contributed by atoms with Crippen LogP contribution >= 0.6 is 0 Å². The molecule has 1 heterocycles. The number of ether oxygens (including phenoxy) is 1. The fraction of sp³-hybridized carbons (Fsp3) is 0.625. The van der Waals surface area contributed by atoms with E-state index >= 15 is 0 Å². The molecule has 0 aliphatic carbocycles. The summed E-state index contributed by atoms with van der Waals surface area (Å²) >= 11 is 0. The molecule has 9 heteroatoms. The second-order valence-corrected chi connectivity index (χ2v) is 6.01. The molecule has 0 amide bonds. The summed E-state index contributed by atoms with van der Waals surface area (Å²) in [5.74, 6) is 0. The van der Waals surface area contributed by atoms with E-state index in [0.717, 1.165) is 31.4 Å². The molecule has 0 atom stereocenters. The first-order chi connectivity index (χ1) is 11.6. The van der Waals surface area contributed by atoms with Crippen LogP contribution in [0.3, 0.4) is 0 Å². The van der Waals surface area contributed by atoms with Crippen LogP contribution < -0.4 is 5.73 Å². The van der Waals surface area contributed by atoms with Gasteiger partial charge in [-0.1, -0.05) is 24.6 Å². The van der Waals surface area contributed by atoms with E-state index in [1.807, 2.05) is 0 Å². The van der Waals surface area contributed by atoms with Gasteiger partial charge >= 0.3 is 12.4 Å². The maximum absolute atomic E-state index is 13.6. The van der Waals surface area contributed by atoms with Crippen molar-refractivity contribution in [1.82, 2.24) is 4.90 Å². The molecule has 0 radical (unpaired) electrons. The minimum absolute atomic E-state index is 0.000643. The molecule has 0 unspecified atom stereocenters.